The summed E-state index contributed by atoms with van der Waals surface area (Å²) in [4.78, 5) is 4.74. The molecule has 0 aromatic heterocycles. The molecule has 27 heavy (non-hydrogen) atoms. The zero-order valence-corrected chi connectivity index (χ0v) is 20.2. The van der Waals surface area contributed by atoms with E-state index >= 15 is 0 Å². The SMILES string of the molecule is CCNC(=NCC1CCN(S(C)(=O)=O)CC1)NCCCC1CCCCC1.I. The van der Waals surface area contributed by atoms with Crippen LogP contribution in [-0.2, 0) is 10.0 Å². The summed E-state index contributed by atoms with van der Waals surface area (Å²) in [5, 5.41) is 6.79. The van der Waals surface area contributed by atoms with Crippen molar-refractivity contribution < 1.29 is 8.42 Å². The summed E-state index contributed by atoms with van der Waals surface area (Å²) in [6, 6.07) is 0. The first-order valence-electron chi connectivity index (χ1n) is 10.5. The fourth-order valence-corrected chi connectivity index (χ4v) is 4.93. The van der Waals surface area contributed by atoms with E-state index in [1.165, 1.54) is 51.2 Å². The third-order valence-electron chi connectivity index (χ3n) is 5.70. The topological polar surface area (TPSA) is 73.8 Å². The molecule has 160 valence electrons. The minimum absolute atomic E-state index is 0. The van der Waals surface area contributed by atoms with Crippen LogP contribution in [0.4, 0.5) is 0 Å². The smallest absolute Gasteiger partial charge is 0.211 e. The van der Waals surface area contributed by atoms with Crippen molar-refractivity contribution >= 4 is 40.0 Å². The van der Waals surface area contributed by atoms with Gasteiger partial charge in [-0.15, -0.1) is 24.0 Å². The molecule has 0 atom stereocenters. The molecule has 0 aromatic rings. The second-order valence-corrected chi connectivity index (χ2v) is 9.88. The Kier molecular flexibility index (Phi) is 12.2. The Hall–Kier alpha value is -0.0900. The second kappa shape index (κ2) is 13.2. The number of piperidine rings is 1. The summed E-state index contributed by atoms with van der Waals surface area (Å²) in [7, 11) is -3.04. The molecule has 1 heterocycles. The Labute approximate surface area is 183 Å². The van der Waals surface area contributed by atoms with E-state index in [1.54, 1.807) is 4.31 Å². The van der Waals surface area contributed by atoms with E-state index in [0.717, 1.165) is 44.4 Å². The van der Waals surface area contributed by atoms with Gasteiger partial charge in [0.05, 0.1) is 6.26 Å². The van der Waals surface area contributed by atoms with Crippen LogP contribution in [0.25, 0.3) is 0 Å². The van der Waals surface area contributed by atoms with Crippen molar-refractivity contribution in [2.75, 3.05) is 39.0 Å². The molecule has 0 radical (unpaired) electrons. The number of hydrogen-bond donors (Lipinski definition) is 2. The fraction of sp³-hybridized carbons (Fsp3) is 0.947. The summed E-state index contributed by atoms with van der Waals surface area (Å²) < 4.78 is 24.8. The van der Waals surface area contributed by atoms with Crippen molar-refractivity contribution in [3.05, 3.63) is 0 Å². The van der Waals surface area contributed by atoms with Crippen molar-refractivity contribution in [1.29, 1.82) is 0 Å². The van der Waals surface area contributed by atoms with Gasteiger partial charge in [0.15, 0.2) is 5.96 Å². The van der Waals surface area contributed by atoms with Crippen LogP contribution < -0.4 is 10.6 Å². The normalized spacial score (nSPS) is 20.9. The molecule has 2 N–H and O–H groups in total. The van der Waals surface area contributed by atoms with E-state index in [1.807, 2.05) is 0 Å². The lowest BCUT2D eigenvalue weighted by atomic mass is 9.86. The number of halogens is 1. The predicted molar refractivity (Wildman–Crippen MR) is 124 cm³/mol. The first-order chi connectivity index (χ1) is 12.5. The highest BCUT2D eigenvalue weighted by Gasteiger charge is 2.24. The standard InChI is InChI=1S/C19H38N4O2S.HI/c1-3-20-19(21-13-7-10-17-8-5-4-6-9-17)22-16-18-11-14-23(15-12-18)26(2,24)25;/h17-18H,3-16H2,1-2H3,(H2,20,21,22);1H. The predicted octanol–water partition coefficient (Wildman–Crippen LogP) is 3.19. The molecule has 1 saturated heterocycles. The van der Waals surface area contributed by atoms with Gasteiger partial charge in [0, 0.05) is 32.7 Å². The molecular formula is C19H39IN4O2S. The zero-order valence-electron chi connectivity index (χ0n) is 17.1. The molecule has 0 amide bonds. The van der Waals surface area contributed by atoms with E-state index < -0.39 is 10.0 Å². The van der Waals surface area contributed by atoms with Gasteiger partial charge in [-0.05, 0) is 44.4 Å². The largest absolute Gasteiger partial charge is 0.357 e. The van der Waals surface area contributed by atoms with Crippen LogP contribution in [0.5, 0.6) is 0 Å². The quantitative estimate of drug-likeness (QED) is 0.226. The lowest BCUT2D eigenvalue weighted by molar-refractivity contribution is 0.280. The van der Waals surface area contributed by atoms with Crippen LogP contribution >= 0.6 is 24.0 Å². The van der Waals surface area contributed by atoms with Crippen molar-refractivity contribution in [3.63, 3.8) is 0 Å². The maximum atomic E-state index is 11.6. The van der Waals surface area contributed by atoms with Gasteiger partial charge in [0.1, 0.15) is 0 Å². The molecule has 0 bridgehead atoms. The molecule has 1 aliphatic carbocycles. The highest BCUT2D eigenvalue weighted by atomic mass is 127. The maximum Gasteiger partial charge on any atom is 0.211 e. The van der Waals surface area contributed by atoms with Crippen molar-refractivity contribution in [3.8, 4) is 0 Å². The Bertz CT molecular complexity index is 528. The number of hydrogen-bond acceptors (Lipinski definition) is 3. The van der Waals surface area contributed by atoms with E-state index in [9.17, 15) is 8.42 Å². The van der Waals surface area contributed by atoms with Gasteiger partial charge in [-0.1, -0.05) is 32.1 Å². The third-order valence-corrected chi connectivity index (χ3v) is 7.00. The van der Waals surface area contributed by atoms with E-state index in [2.05, 4.69) is 17.6 Å². The van der Waals surface area contributed by atoms with E-state index in [-0.39, 0.29) is 24.0 Å². The van der Waals surface area contributed by atoms with Gasteiger partial charge in [-0.3, -0.25) is 4.99 Å². The van der Waals surface area contributed by atoms with Crippen LogP contribution in [0, 0.1) is 11.8 Å². The van der Waals surface area contributed by atoms with Crippen molar-refractivity contribution in [1.82, 2.24) is 14.9 Å². The van der Waals surface area contributed by atoms with Crippen molar-refractivity contribution in [2.45, 2.75) is 64.7 Å². The van der Waals surface area contributed by atoms with Gasteiger partial charge in [0.25, 0.3) is 0 Å². The molecule has 2 rings (SSSR count). The summed E-state index contributed by atoms with van der Waals surface area (Å²) in [6.07, 6.45) is 12.7. The molecule has 1 aliphatic heterocycles. The van der Waals surface area contributed by atoms with Crippen LogP contribution in [-0.4, -0.2) is 57.7 Å². The Morgan fingerprint density at radius 2 is 1.70 bits per heavy atom. The lowest BCUT2D eigenvalue weighted by Crippen LogP contribution is -2.40. The molecule has 2 aliphatic rings. The number of nitrogens with zero attached hydrogens (tertiary/aromatic N) is 2. The molecule has 0 unspecified atom stereocenters. The zero-order chi connectivity index (χ0) is 18.8. The van der Waals surface area contributed by atoms with Crippen LogP contribution in [0.1, 0.15) is 64.7 Å². The summed E-state index contributed by atoms with van der Waals surface area (Å²) in [5.41, 5.74) is 0. The molecule has 8 heteroatoms. The minimum atomic E-state index is -3.04. The summed E-state index contributed by atoms with van der Waals surface area (Å²) in [5.74, 6) is 2.32. The van der Waals surface area contributed by atoms with Gasteiger partial charge in [-0.2, -0.15) is 0 Å². The van der Waals surface area contributed by atoms with E-state index in [0.29, 0.717) is 19.0 Å². The number of nitrogens with one attached hydrogen (secondary N) is 2. The highest BCUT2D eigenvalue weighted by Crippen LogP contribution is 2.27. The first-order valence-corrected chi connectivity index (χ1v) is 12.3. The van der Waals surface area contributed by atoms with Crippen LogP contribution in [0.15, 0.2) is 4.99 Å². The number of rotatable bonds is 8. The monoisotopic (exact) mass is 514 g/mol. The summed E-state index contributed by atoms with van der Waals surface area (Å²) in [6.45, 7) is 5.96. The molecular weight excluding hydrogens is 475 g/mol. The molecule has 6 nitrogen and oxygen atoms in total. The number of aliphatic imine (C=N–C) groups is 1. The second-order valence-electron chi connectivity index (χ2n) is 7.90. The Morgan fingerprint density at radius 3 is 2.30 bits per heavy atom. The molecule has 1 saturated carbocycles. The number of guanidine groups is 1. The Morgan fingerprint density at radius 1 is 1.04 bits per heavy atom. The van der Waals surface area contributed by atoms with E-state index in [4.69, 9.17) is 4.99 Å². The fourth-order valence-electron chi connectivity index (χ4n) is 4.06. The highest BCUT2D eigenvalue weighted by molar-refractivity contribution is 14.0. The average Bonchev–Trinajstić information content (AvgIpc) is 2.63. The minimum Gasteiger partial charge on any atom is -0.357 e. The molecule has 0 spiro atoms. The Balaban J connectivity index is 0.00000364. The lowest BCUT2D eigenvalue weighted by Gasteiger charge is -2.29. The van der Waals surface area contributed by atoms with Crippen molar-refractivity contribution in [2.24, 2.45) is 16.8 Å². The van der Waals surface area contributed by atoms with Gasteiger partial charge in [-0.25, -0.2) is 12.7 Å². The molecule has 2 fully saturated rings. The number of sulfonamides is 1. The third kappa shape index (κ3) is 9.78. The molecule has 0 aromatic carbocycles. The summed E-state index contributed by atoms with van der Waals surface area (Å²) >= 11 is 0. The van der Waals surface area contributed by atoms with Crippen LogP contribution in [0.2, 0.25) is 0 Å². The first kappa shape index (κ1) is 24.9. The van der Waals surface area contributed by atoms with Crippen LogP contribution in [0.3, 0.4) is 0 Å². The average molecular weight is 515 g/mol. The maximum absolute atomic E-state index is 11.6. The van der Waals surface area contributed by atoms with Gasteiger partial charge < -0.3 is 10.6 Å². The van der Waals surface area contributed by atoms with Gasteiger partial charge >= 0.3 is 0 Å². The van der Waals surface area contributed by atoms with Gasteiger partial charge in [0.2, 0.25) is 10.0 Å².